The number of anilines is 1. The van der Waals surface area contributed by atoms with Crippen LogP contribution < -0.4 is 10.2 Å². The number of aromatic hydroxyl groups is 1. The molecule has 4 N–H and O–H groups in total. The minimum absolute atomic E-state index is 0.0665. The quantitative estimate of drug-likeness (QED) is 0.178. The van der Waals surface area contributed by atoms with Gasteiger partial charge in [-0.25, -0.2) is 4.39 Å². The summed E-state index contributed by atoms with van der Waals surface area (Å²) in [5.74, 6) is -1.18. The van der Waals surface area contributed by atoms with Crippen LogP contribution in [0.4, 0.5) is 10.1 Å². The standard InChI is InChI=1S/C30H27FNO6P/c31-22-8-4-7-21(16-22)27(33)15-14-26-29(32(30(26)35)23-9-2-1-3-10-23)25-13-12-20(18-28(25)34)19-6-5-11-24(17-19)39(36,37)38/h1-13,16-18,26-27,29,33-34H,14-15H2,(H2,36,37,38). The number of phenolic OH excluding ortho intramolecular Hbond substituents is 1. The third kappa shape index (κ3) is 5.51. The summed E-state index contributed by atoms with van der Waals surface area (Å²) in [6.07, 6.45) is -0.402. The van der Waals surface area contributed by atoms with E-state index in [9.17, 15) is 33.7 Å². The van der Waals surface area contributed by atoms with Crippen LogP contribution in [0.25, 0.3) is 11.1 Å². The molecule has 200 valence electrons. The van der Waals surface area contributed by atoms with Crippen LogP contribution in [-0.4, -0.2) is 25.9 Å². The first-order valence-electron chi connectivity index (χ1n) is 12.4. The number of phenols is 1. The maximum Gasteiger partial charge on any atom is 0.356 e. The van der Waals surface area contributed by atoms with Crippen LogP contribution in [0.5, 0.6) is 5.75 Å². The summed E-state index contributed by atoms with van der Waals surface area (Å²) in [5, 5.41) is 21.6. The van der Waals surface area contributed by atoms with E-state index in [-0.39, 0.29) is 23.4 Å². The van der Waals surface area contributed by atoms with E-state index in [1.807, 2.05) is 30.3 Å². The molecule has 7 nitrogen and oxygen atoms in total. The Labute approximate surface area is 225 Å². The Kier molecular flexibility index (Phi) is 7.38. The van der Waals surface area contributed by atoms with Crippen LogP contribution in [0.2, 0.25) is 0 Å². The van der Waals surface area contributed by atoms with Gasteiger partial charge in [-0.3, -0.25) is 9.36 Å². The number of nitrogens with zero attached hydrogens (tertiary/aromatic N) is 1. The SMILES string of the molecule is O=C1C(CCC(O)c2cccc(F)c2)C(c2ccc(-c3cccc(P(=O)(O)O)c3)cc2O)N1c1ccccc1. The average molecular weight is 548 g/mol. The highest BCUT2D eigenvalue weighted by Gasteiger charge is 2.49. The van der Waals surface area contributed by atoms with Crippen molar-refractivity contribution in [2.24, 2.45) is 5.92 Å². The van der Waals surface area contributed by atoms with Gasteiger partial charge in [-0.05, 0) is 72.0 Å². The molecule has 9 heteroatoms. The van der Waals surface area contributed by atoms with Crippen molar-refractivity contribution in [3.8, 4) is 16.9 Å². The summed E-state index contributed by atoms with van der Waals surface area (Å²) < 4.78 is 25.3. The van der Waals surface area contributed by atoms with Crippen molar-refractivity contribution in [1.82, 2.24) is 0 Å². The predicted octanol–water partition coefficient (Wildman–Crippen LogP) is 5.22. The summed E-state index contributed by atoms with van der Waals surface area (Å²) in [6.45, 7) is 0. The lowest BCUT2D eigenvalue weighted by atomic mass is 9.77. The van der Waals surface area contributed by atoms with Gasteiger partial charge >= 0.3 is 7.60 Å². The fourth-order valence-electron chi connectivity index (χ4n) is 5.12. The molecule has 3 atom stereocenters. The first-order valence-corrected chi connectivity index (χ1v) is 14.1. The lowest BCUT2D eigenvalue weighted by Gasteiger charge is -2.48. The minimum atomic E-state index is -4.44. The van der Waals surface area contributed by atoms with Gasteiger partial charge in [0.2, 0.25) is 5.91 Å². The predicted molar refractivity (Wildman–Crippen MR) is 146 cm³/mol. The third-order valence-corrected chi connectivity index (χ3v) is 8.05. The first kappa shape index (κ1) is 26.8. The normalized spacial score (nSPS) is 18.1. The zero-order valence-electron chi connectivity index (χ0n) is 20.8. The van der Waals surface area contributed by atoms with E-state index < -0.39 is 31.5 Å². The van der Waals surface area contributed by atoms with Crippen molar-refractivity contribution < 1.29 is 33.7 Å². The molecule has 0 saturated carbocycles. The number of aliphatic hydroxyl groups excluding tert-OH is 1. The second-order valence-corrected chi connectivity index (χ2v) is 11.2. The number of carbonyl (C=O) groups excluding carboxylic acids is 1. The molecule has 0 spiro atoms. The molecule has 1 aliphatic rings. The molecule has 1 heterocycles. The number of aliphatic hydroxyl groups is 1. The van der Waals surface area contributed by atoms with E-state index >= 15 is 0 Å². The highest BCUT2D eigenvalue weighted by Crippen LogP contribution is 2.49. The average Bonchev–Trinajstić information content (AvgIpc) is 2.92. The largest absolute Gasteiger partial charge is 0.508 e. The van der Waals surface area contributed by atoms with Crippen molar-refractivity contribution in [1.29, 1.82) is 0 Å². The van der Waals surface area contributed by atoms with Crippen molar-refractivity contribution in [2.45, 2.75) is 25.0 Å². The van der Waals surface area contributed by atoms with Gasteiger partial charge in [0.1, 0.15) is 11.6 Å². The second-order valence-electron chi connectivity index (χ2n) is 9.61. The van der Waals surface area contributed by atoms with Gasteiger partial charge in [0.15, 0.2) is 0 Å². The number of β-lactam (4-membered cyclic amide) rings is 1. The summed E-state index contributed by atoms with van der Waals surface area (Å²) in [5.41, 5.74) is 2.70. The van der Waals surface area contributed by atoms with E-state index in [1.54, 1.807) is 29.2 Å². The highest BCUT2D eigenvalue weighted by molar-refractivity contribution is 7.60. The van der Waals surface area contributed by atoms with Crippen molar-refractivity contribution in [3.63, 3.8) is 0 Å². The number of halogens is 1. The van der Waals surface area contributed by atoms with Crippen molar-refractivity contribution in [3.05, 3.63) is 114 Å². The van der Waals surface area contributed by atoms with Crippen LogP contribution in [0.3, 0.4) is 0 Å². The van der Waals surface area contributed by atoms with Gasteiger partial charge in [-0.1, -0.05) is 54.6 Å². The lowest BCUT2D eigenvalue weighted by molar-refractivity contribution is -0.131. The summed E-state index contributed by atoms with van der Waals surface area (Å²) in [6, 6.07) is 25.2. The molecule has 1 amide bonds. The molecule has 39 heavy (non-hydrogen) atoms. The van der Waals surface area contributed by atoms with Crippen molar-refractivity contribution >= 4 is 24.5 Å². The first-order chi connectivity index (χ1) is 18.6. The molecule has 1 aliphatic heterocycles. The third-order valence-electron chi connectivity index (χ3n) is 7.10. The Morgan fingerprint density at radius 3 is 2.28 bits per heavy atom. The van der Waals surface area contributed by atoms with Gasteiger partial charge < -0.3 is 24.9 Å². The monoisotopic (exact) mass is 547 g/mol. The van der Waals surface area contributed by atoms with Crippen LogP contribution >= 0.6 is 7.60 Å². The number of hydrogen-bond donors (Lipinski definition) is 4. The minimum Gasteiger partial charge on any atom is -0.508 e. The van der Waals surface area contributed by atoms with Gasteiger partial charge in [0.05, 0.1) is 23.4 Å². The maximum absolute atomic E-state index is 13.6. The second kappa shape index (κ2) is 10.8. The molecule has 5 rings (SSSR count). The molecule has 1 saturated heterocycles. The topological polar surface area (TPSA) is 118 Å². The zero-order chi connectivity index (χ0) is 27.7. The molecule has 4 aromatic carbocycles. The zero-order valence-corrected chi connectivity index (χ0v) is 21.7. The lowest BCUT2D eigenvalue weighted by Crippen LogP contribution is -2.55. The molecule has 0 aromatic heterocycles. The van der Waals surface area contributed by atoms with Gasteiger partial charge in [0.25, 0.3) is 0 Å². The van der Waals surface area contributed by atoms with E-state index in [1.165, 1.54) is 42.5 Å². The van der Waals surface area contributed by atoms with Crippen LogP contribution in [-0.2, 0) is 9.36 Å². The Hall–Kier alpha value is -3.81. The number of amides is 1. The smallest absolute Gasteiger partial charge is 0.356 e. The van der Waals surface area contributed by atoms with Gasteiger partial charge in [-0.15, -0.1) is 0 Å². The molecule has 1 fully saturated rings. The maximum atomic E-state index is 13.6. The van der Waals surface area contributed by atoms with Crippen LogP contribution in [0.1, 0.15) is 36.1 Å². The van der Waals surface area contributed by atoms with E-state index in [4.69, 9.17) is 0 Å². The Morgan fingerprint density at radius 1 is 0.872 bits per heavy atom. The molecular weight excluding hydrogens is 520 g/mol. The molecule has 0 radical (unpaired) electrons. The van der Waals surface area contributed by atoms with Crippen molar-refractivity contribution in [2.75, 3.05) is 4.90 Å². The summed E-state index contributed by atoms with van der Waals surface area (Å²) in [7, 11) is -4.44. The molecule has 0 aliphatic carbocycles. The fourth-order valence-corrected chi connectivity index (χ4v) is 5.71. The van der Waals surface area contributed by atoms with Crippen LogP contribution in [0, 0.1) is 11.7 Å². The number of para-hydroxylation sites is 1. The number of hydrogen-bond acceptors (Lipinski definition) is 4. The highest BCUT2D eigenvalue weighted by atomic mass is 31.2. The Bertz CT molecular complexity index is 1560. The van der Waals surface area contributed by atoms with E-state index in [0.717, 1.165) is 0 Å². The summed E-state index contributed by atoms with van der Waals surface area (Å²) >= 11 is 0. The molecule has 4 aromatic rings. The number of benzene rings is 4. The fraction of sp³-hybridized carbons (Fsp3) is 0.167. The van der Waals surface area contributed by atoms with E-state index in [0.29, 0.717) is 34.4 Å². The van der Waals surface area contributed by atoms with Gasteiger partial charge in [0, 0.05) is 11.3 Å². The van der Waals surface area contributed by atoms with Gasteiger partial charge in [-0.2, -0.15) is 0 Å². The van der Waals surface area contributed by atoms with E-state index in [2.05, 4.69) is 0 Å². The van der Waals surface area contributed by atoms with Crippen LogP contribution in [0.15, 0.2) is 97.1 Å². The Morgan fingerprint density at radius 2 is 1.59 bits per heavy atom. The number of carbonyl (C=O) groups is 1. The number of rotatable bonds is 8. The molecule has 0 bridgehead atoms. The molecular formula is C30H27FNO6P. The molecule has 3 unspecified atom stereocenters. The Balaban J connectivity index is 1.44. The summed E-state index contributed by atoms with van der Waals surface area (Å²) in [4.78, 5) is 34.0.